The number of Topliss-reactive ketones (excluding diaryl/α,β-unsaturated/α-hetero) is 1. The molecule has 3 rings (SSSR count). The average Bonchev–Trinajstić information content (AvgIpc) is 3.17. The molecule has 0 radical (unpaired) electrons. The van der Waals surface area contributed by atoms with Gasteiger partial charge in [-0.15, -0.1) is 0 Å². The number of nitrogens with zero attached hydrogens (tertiary/aromatic N) is 2. The smallest absolute Gasteiger partial charge is 0.387 e. The first-order valence-corrected chi connectivity index (χ1v) is 8.42. The molecule has 0 aliphatic rings. The van der Waals surface area contributed by atoms with Gasteiger partial charge in [-0.1, -0.05) is 18.2 Å². The van der Waals surface area contributed by atoms with Crippen molar-refractivity contribution in [1.29, 1.82) is 0 Å². The number of methoxy groups -OCH3 is 1. The fraction of sp³-hybridized carbons (Fsp3) is 0.150. The summed E-state index contributed by atoms with van der Waals surface area (Å²) in [5.41, 5.74) is 0.818. The van der Waals surface area contributed by atoms with Gasteiger partial charge in [0.15, 0.2) is 18.1 Å². The van der Waals surface area contributed by atoms with Crippen molar-refractivity contribution < 1.29 is 32.6 Å². The molecule has 0 saturated heterocycles. The van der Waals surface area contributed by atoms with Crippen molar-refractivity contribution >= 4 is 11.8 Å². The number of benzene rings is 2. The molecule has 0 spiro atoms. The van der Waals surface area contributed by atoms with E-state index in [0.717, 1.165) is 0 Å². The number of aromatic nitrogens is 2. The van der Waals surface area contributed by atoms with Gasteiger partial charge in [0.25, 0.3) is 0 Å². The van der Waals surface area contributed by atoms with Crippen molar-refractivity contribution in [3.8, 4) is 17.2 Å². The lowest BCUT2D eigenvalue weighted by atomic mass is 10.1. The van der Waals surface area contributed by atoms with Gasteiger partial charge in [0, 0.05) is 5.56 Å². The zero-order valence-electron chi connectivity index (χ0n) is 15.2. The summed E-state index contributed by atoms with van der Waals surface area (Å²) >= 11 is 0. The Labute approximate surface area is 164 Å². The summed E-state index contributed by atoms with van der Waals surface area (Å²) in [5, 5.41) is 4.16. The number of rotatable bonds is 8. The van der Waals surface area contributed by atoms with Crippen LogP contribution in [0.15, 0.2) is 60.8 Å². The minimum absolute atomic E-state index is 0.0789. The van der Waals surface area contributed by atoms with E-state index in [9.17, 15) is 18.4 Å². The maximum Gasteiger partial charge on any atom is 0.387 e. The summed E-state index contributed by atoms with van der Waals surface area (Å²) in [6.45, 7) is -3.50. The van der Waals surface area contributed by atoms with Gasteiger partial charge in [-0.2, -0.15) is 13.9 Å². The first-order valence-electron chi connectivity index (χ1n) is 8.42. The SMILES string of the molecule is COc1cn(-c2ccccc2)nc1C(=O)OCC(=O)c1ccc(OC(F)F)cc1. The molecule has 29 heavy (non-hydrogen) atoms. The zero-order chi connectivity index (χ0) is 20.8. The van der Waals surface area contributed by atoms with Gasteiger partial charge < -0.3 is 14.2 Å². The van der Waals surface area contributed by atoms with Crippen molar-refractivity contribution in [2.45, 2.75) is 6.61 Å². The van der Waals surface area contributed by atoms with E-state index < -0.39 is 25.0 Å². The minimum Gasteiger partial charge on any atom is -0.493 e. The van der Waals surface area contributed by atoms with Crippen LogP contribution < -0.4 is 9.47 Å². The lowest BCUT2D eigenvalue weighted by molar-refractivity contribution is -0.0498. The van der Waals surface area contributed by atoms with Gasteiger partial charge in [0.2, 0.25) is 5.69 Å². The molecule has 1 aromatic heterocycles. The van der Waals surface area contributed by atoms with Crippen LogP contribution in [0.3, 0.4) is 0 Å². The number of carbonyl (C=O) groups is 2. The number of alkyl halides is 2. The number of ketones is 1. The van der Waals surface area contributed by atoms with Crippen LogP contribution in [-0.2, 0) is 4.74 Å². The quantitative estimate of drug-likeness (QED) is 0.424. The lowest BCUT2D eigenvalue weighted by Gasteiger charge is -2.06. The Kier molecular flexibility index (Phi) is 6.18. The number of halogens is 2. The molecule has 2 aromatic carbocycles. The van der Waals surface area contributed by atoms with Crippen molar-refractivity contribution in [1.82, 2.24) is 9.78 Å². The first kappa shape index (κ1) is 20.0. The average molecular weight is 402 g/mol. The van der Waals surface area contributed by atoms with Gasteiger partial charge in [0.05, 0.1) is 19.0 Å². The highest BCUT2D eigenvalue weighted by molar-refractivity contribution is 5.99. The minimum atomic E-state index is -2.96. The van der Waals surface area contributed by atoms with Gasteiger partial charge in [-0.3, -0.25) is 4.79 Å². The van der Waals surface area contributed by atoms with Gasteiger partial charge in [-0.05, 0) is 36.4 Å². The second-order valence-electron chi connectivity index (χ2n) is 5.73. The Hall–Kier alpha value is -3.75. The van der Waals surface area contributed by atoms with Gasteiger partial charge >= 0.3 is 12.6 Å². The summed E-state index contributed by atoms with van der Waals surface area (Å²) in [5.74, 6) is -1.23. The fourth-order valence-electron chi connectivity index (χ4n) is 2.47. The van der Waals surface area contributed by atoms with Crippen LogP contribution in [0, 0.1) is 0 Å². The second kappa shape index (κ2) is 8.96. The molecular weight excluding hydrogens is 386 g/mol. The van der Waals surface area contributed by atoms with E-state index in [2.05, 4.69) is 9.84 Å². The van der Waals surface area contributed by atoms with Crippen molar-refractivity contribution in [3.63, 3.8) is 0 Å². The summed E-state index contributed by atoms with van der Waals surface area (Å²) < 4.78 is 40.2. The van der Waals surface area contributed by atoms with Gasteiger partial charge in [0.1, 0.15) is 5.75 Å². The third-order valence-corrected chi connectivity index (χ3v) is 3.85. The fourth-order valence-corrected chi connectivity index (χ4v) is 2.47. The molecule has 0 saturated carbocycles. The molecule has 0 unspecified atom stereocenters. The molecule has 3 aromatic rings. The number of hydrogen-bond donors (Lipinski definition) is 0. The number of esters is 1. The summed E-state index contributed by atoms with van der Waals surface area (Å²) in [7, 11) is 1.39. The highest BCUT2D eigenvalue weighted by Crippen LogP contribution is 2.21. The number of carbonyl (C=O) groups excluding carboxylic acids is 2. The van der Waals surface area contributed by atoms with E-state index in [1.54, 1.807) is 12.1 Å². The molecule has 0 aliphatic carbocycles. The first-order chi connectivity index (χ1) is 14.0. The standard InChI is InChI=1S/C20H16F2N2O5/c1-27-17-11-24(14-5-3-2-4-6-14)23-18(17)19(26)28-12-16(25)13-7-9-15(10-8-13)29-20(21)22/h2-11,20H,12H2,1H3. The molecule has 0 bridgehead atoms. The Bertz CT molecular complexity index is 988. The highest BCUT2D eigenvalue weighted by atomic mass is 19.3. The second-order valence-corrected chi connectivity index (χ2v) is 5.73. The number of para-hydroxylation sites is 1. The summed E-state index contributed by atoms with van der Waals surface area (Å²) in [6, 6.07) is 14.1. The summed E-state index contributed by atoms with van der Waals surface area (Å²) in [4.78, 5) is 24.5. The van der Waals surface area contributed by atoms with E-state index in [-0.39, 0.29) is 22.8 Å². The highest BCUT2D eigenvalue weighted by Gasteiger charge is 2.21. The molecule has 0 N–H and O–H groups in total. The third-order valence-electron chi connectivity index (χ3n) is 3.85. The van der Waals surface area contributed by atoms with E-state index in [1.807, 2.05) is 18.2 Å². The Morgan fingerprint density at radius 1 is 1.07 bits per heavy atom. The van der Waals surface area contributed by atoms with Crippen molar-refractivity contribution in [2.24, 2.45) is 0 Å². The molecule has 150 valence electrons. The normalized spacial score (nSPS) is 10.6. The molecule has 0 fully saturated rings. The predicted octanol–water partition coefficient (Wildman–Crippen LogP) is 3.52. The maximum absolute atomic E-state index is 12.3. The van der Waals surface area contributed by atoms with E-state index in [0.29, 0.717) is 5.69 Å². The Morgan fingerprint density at radius 2 is 1.76 bits per heavy atom. The lowest BCUT2D eigenvalue weighted by Crippen LogP contribution is -2.15. The van der Waals surface area contributed by atoms with E-state index in [1.165, 1.54) is 42.3 Å². The van der Waals surface area contributed by atoms with Crippen LogP contribution in [0.1, 0.15) is 20.8 Å². The van der Waals surface area contributed by atoms with Gasteiger partial charge in [-0.25, -0.2) is 9.48 Å². The predicted molar refractivity (Wildman–Crippen MR) is 97.8 cm³/mol. The zero-order valence-corrected chi connectivity index (χ0v) is 15.2. The third kappa shape index (κ3) is 4.95. The molecule has 9 heteroatoms. The van der Waals surface area contributed by atoms with Crippen LogP contribution in [0.5, 0.6) is 11.5 Å². The number of ether oxygens (including phenoxy) is 3. The number of hydrogen-bond acceptors (Lipinski definition) is 6. The van der Waals surface area contributed by atoms with E-state index in [4.69, 9.17) is 9.47 Å². The molecule has 7 nitrogen and oxygen atoms in total. The van der Waals surface area contributed by atoms with Crippen LogP contribution >= 0.6 is 0 Å². The van der Waals surface area contributed by atoms with Crippen LogP contribution in [0.4, 0.5) is 8.78 Å². The van der Waals surface area contributed by atoms with Crippen molar-refractivity contribution in [3.05, 3.63) is 72.1 Å². The van der Waals surface area contributed by atoms with Crippen LogP contribution in [0.2, 0.25) is 0 Å². The molecule has 0 amide bonds. The van der Waals surface area contributed by atoms with Crippen LogP contribution in [0.25, 0.3) is 5.69 Å². The molecule has 0 aliphatic heterocycles. The maximum atomic E-state index is 12.3. The Morgan fingerprint density at radius 3 is 2.38 bits per heavy atom. The summed E-state index contributed by atoms with van der Waals surface area (Å²) in [6.07, 6.45) is 1.52. The monoisotopic (exact) mass is 402 g/mol. The molecular formula is C20H16F2N2O5. The Balaban J connectivity index is 1.66. The molecule has 0 atom stereocenters. The van der Waals surface area contributed by atoms with Crippen molar-refractivity contribution in [2.75, 3.05) is 13.7 Å². The van der Waals surface area contributed by atoms with E-state index >= 15 is 0 Å². The topological polar surface area (TPSA) is 79.7 Å². The van der Waals surface area contributed by atoms with Crippen LogP contribution in [-0.4, -0.2) is 41.9 Å². The molecule has 1 heterocycles. The largest absolute Gasteiger partial charge is 0.493 e.